The molecule has 0 aliphatic rings. The number of amides is 1. The Hall–Kier alpha value is -2.01. The van der Waals surface area contributed by atoms with E-state index in [1.165, 1.54) is 6.20 Å². The second kappa shape index (κ2) is 3.80. The van der Waals surface area contributed by atoms with E-state index in [1.54, 1.807) is 24.4 Å². The van der Waals surface area contributed by atoms with Gasteiger partial charge in [0, 0.05) is 12.4 Å². The number of carbonyl (C=O) groups excluding carboxylic acids is 1. The summed E-state index contributed by atoms with van der Waals surface area (Å²) >= 11 is 0. The normalized spacial score (nSPS) is 9.43. The topological polar surface area (TPSA) is 100 Å². The molecular weight excluding hydrogens is 182 g/mol. The first-order chi connectivity index (χ1) is 6.29. The fraction of sp³-hybridized carbons (Fsp3) is 0. The first-order valence-corrected chi connectivity index (χ1v) is 3.78. The van der Waals surface area contributed by atoms with Crippen LogP contribution in [0.2, 0.25) is 0 Å². The van der Waals surface area contributed by atoms with E-state index < -0.39 is 5.91 Å². The molecule has 5 nitrogen and oxygen atoms in total. The molecule has 14 heavy (non-hydrogen) atoms. The summed E-state index contributed by atoms with van der Waals surface area (Å²) in [6, 6.07) is 5.16. The summed E-state index contributed by atoms with van der Waals surface area (Å²) in [6.07, 6.45) is 3.11. The van der Waals surface area contributed by atoms with Gasteiger partial charge in [-0.3, -0.25) is 14.8 Å². The van der Waals surface area contributed by atoms with Gasteiger partial charge in [-0.25, -0.2) is 0 Å². The average molecular weight is 191 g/mol. The van der Waals surface area contributed by atoms with Crippen LogP contribution in [-0.4, -0.2) is 21.4 Å². The zero-order valence-electron chi connectivity index (χ0n) is 7.27. The summed E-state index contributed by atoms with van der Waals surface area (Å²) in [5, 5.41) is 0. The number of primary amides is 1. The first-order valence-electron chi connectivity index (χ1n) is 3.78. The molecule has 0 aliphatic carbocycles. The summed E-state index contributed by atoms with van der Waals surface area (Å²) in [4.78, 5) is 19.1. The van der Waals surface area contributed by atoms with Crippen molar-refractivity contribution in [2.75, 3.05) is 0 Å². The molecule has 0 bridgehead atoms. The molecule has 0 aliphatic heterocycles. The quantitative estimate of drug-likeness (QED) is 0.681. The van der Waals surface area contributed by atoms with E-state index in [0.717, 1.165) is 0 Å². The lowest BCUT2D eigenvalue weighted by atomic mass is 10.1. The van der Waals surface area contributed by atoms with E-state index in [9.17, 15) is 4.79 Å². The maximum Gasteiger partial charge on any atom is 0.250 e. The lowest BCUT2D eigenvalue weighted by Crippen LogP contribution is -2.11. The third kappa shape index (κ3) is 1.53. The average Bonchev–Trinajstić information content (AvgIpc) is 2.17. The lowest BCUT2D eigenvalue weighted by molar-refractivity contribution is 0.100. The highest BCUT2D eigenvalue weighted by Gasteiger charge is 2.06. The number of rotatable bonds is 1. The molecule has 0 radical (unpaired) electrons. The van der Waals surface area contributed by atoms with Crippen molar-refractivity contribution in [3.8, 4) is 0 Å². The molecule has 4 N–H and O–H groups in total. The van der Waals surface area contributed by atoms with Crippen LogP contribution in [0.1, 0.15) is 10.4 Å². The molecule has 5 heteroatoms. The highest BCUT2D eigenvalue weighted by atomic mass is 16.1. The molecule has 1 aromatic carbocycles. The fourth-order valence-corrected chi connectivity index (χ4v) is 1.19. The van der Waals surface area contributed by atoms with Crippen molar-refractivity contribution >= 4 is 16.9 Å². The molecule has 2 rings (SSSR count). The van der Waals surface area contributed by atoms with Crippen LogP contribution >= 0.6 is 0 Å². The Labute approximate surface area is 79.9 Å². The Morgan fingerprint density at radius 1 is 1.21 bits per heavy atom. The number of para-hydroxylation sites is 1. The molecule has 1 amide bonds. The van der Waals surface area contributed by atoms with Gasteiger partial charge in [-0.05, 0) is 12.1 Å². The van der Waals surface area contributed by atoms with E-state index in [-0.39, 0.29) is 5.48 Å². The number of aromatic nitrogens is 2. The van der Waals surface area contributed by atoms with Crippen LogP contribution < -0.4 is 5.73 Å². The lowest BCUT2D eigenvalue weighted by Gasteiger charge is -1.99. The van der Waals surface area contributed by atoms with Gasteiger partial charge in [0.25, 0.3) is 5.91 Å². The number of hydrogen-bond acceptors (Lipinski definition) is 3. The number of benzene rings is 1. The standard InChI is InChI=1S/C9H7N3O.H2O/c10-9(13)6-2-1-3-7-8(6)12-5-4-11-7;/h1-5H,(H2,10,13);1H2. The molecule has 0 fully saturated rings. The van der Waals surface area contributed by atoms with Crippen molar-refractivity contribution in [2.45, 2.75) is 0 Å². The van der Waals surface area contributed by atoms with Crippen LogP contribution in [-0.2, 0) is 0 Å². The fourth-order valence-electron chi connectivity index (χ4n) is 1.19. The highest BCUT2D eigenvalue weighted by Crippen LogP contribution is 2.12. The second-order valence-corrected chi connectivity index (χ2v) is 2.59. The SMILES string of the molecule is NC(=O)c1cccc2nccnc12.O. The largest absolute Gasteiger partial charge is 0.412 e. The summed E-state index contributed by atoms with van der Waals surface area (Å²) in [7, 11) is 0. The van der Waals surface area contributed by atoms with Gasteiger partial charge in [-0.2, -0.15) is 0 Å². The molecule has 0 atom stereocenters. The van der Waals surface area contributed by atoms with E-state index >= 15 is 0 Å². The maximum atomic E-state index is 11.0. The summed E-state index contributed by atoms with van der Waals surface area (Å²) in [5.74, 6) is -0.480. The van der Waals surface area contributed by atoms with Gasteiger partial charge in [-0.15, -0.1) is 0 Å². The van der Waals surface area contributed by atoms with Crippen LogP contribution in [0, 0.1) is 0 Å². The van der Waals surface area contributed by atoms with E-state index in [1.807, 2.05) is 0 Å². The Bertz CT molecular complexity index is 465. The van der Waals surface area contributed by atoms with E-state index in [0.29, 0.717) is 16.6 Å². The van der Waals surface area contributed by atoms with Crippen molar-refractivity contribution < 1.29 is 10.3 Å². The molecule has 0 unspecified atom stereocenters. The first kappa shape index (κ1) is 10.1. The number of nitrogens with zero attached hydrogens (tertiary/aromatic N) is 2. The molecule has 0 saturated carbocycles. The predicted octanol–water partition coefficient (Wildman–Crippen LogP) is -0.0960. The highest BCUT2D eigenvalue weighted by molar-refractivity contribution is 6.03. The van der Waals surface area contributed by atoms with Gasteiger partial charge in [-0.1, -0.05) is 6.07 Å². The van der Waals surface area contributed by atoms with Crippen LogP contribution in [0.25, 0.3) is 11.0 Å². The minimum Gasteiger partial charge on any atom is -0.412 e. The van der Waals surface area contributed by atoms with Gasteiger partial charge in [0.05, 0.1) is 11.1 Å². The third-order valence-corrected chi connectivity index (χ3v) is 1.76. The predicted molar refractivity (Wildman–Crippen MR) is 51.7 cm³/mol. The minimum atomic E-state index is -0.480. The molecule has 1 heterocycles. The van der Waals surface area contributed by atoms with Gasteiger partial charge < -0.3 is 11.2 Å². The summed E-state index contributed by atoms with van der Waals surface area (Å²) in [6.45, 7) is 0. The van der Waals surface area contributed by atoms with Crippen LogP contribution in [0.15, 0.2) is 30.6 Å². The zero-order valence-corrected chi connectivity index (χ0v) is 7.27. The molecule has 0 saturated heterocycles. The van der Waals surface area contributed by atoms with Gasteiger partial charge in [0.15, 0.2) is 0 Å². The monoisotopic (exact) mass is 191 g/mol. The van der Waals surface area contributed by atoms with Crippen molar-refractivity contribution in [3.05, 3.63) is 36.2 Å². The Morgan fingerprint density at radius 2 is 1.93 bits per heavy atom. The van der Waals surface area contributed by atoms with Crippen molar-refractivity contribution in [3.63, 3.8) is 0 Å². The van der Waals surface area contributed by atoms with Crippen LogP contribution in [0.4, 0.5) is 0 Å². The number of nitrogens with two attached hydrogens (primary N) is 1. The number of fused-ring (bicyclic) bond motifs is 1. The van der Waals surface area contributed by atoms with E-state index in [2.05, 4.69) is 9.97 Å². The van der Waals surface area contributed by atoms with Gasteiger partial charge >= 0.3 is 0 Å². The van der Waals surface area contributed by atoms with Gasteiger partial charge in [0.2, 0.25) is 0 Å². The van der Waals surface area contributed by atoms with Crippen molar-refractivity contribution in [1.82, 2.24) is 9.97 Å². The van der Waals surface area contributed by atoms with Crippen LogP contribution in [0.5, 0.6) is 0 Å². The van der Waals surface area contributed by atoms with E-state index in [4.69, 9.17) is 5.73 Å². The Morgan fingerprint density at radius 3 is 2.64 bits per heavy atom. The third-order valence-electron chi connectivity index (χ3n) is 1.76. The number of carbonyl (C=O) groups is 1. The Kier molecular flexibility index (Phi) is 2.73. The molecule has 1 aromatic heterocycles. The van der Waals surface area contributed by atoms with Gasteiger partial charge in [0.1, 0.15) is 5.52 Å². The molecular formula is C9H9N3O2. The maximum absolute atomic E-state index is 11.0. The van der Waals surface area contributed by atoms with Crippen molar-refractivity contribution in [2.24, 2.45) is 5.73 Å². The number of hydrogen-bond donors (Lipinski definition) is 1. The van der Waals surface area contributed by atoms with Crippen molar-refractivity contribution in [1.29, 1.82) is 0 Å². The molecule has 0 spiro atoms. The zero-order chi connectivity index (χ0) is 9.26. The Balaban J connectivity index is 0.000000980. The molecule has 72 valence electrons. The summed E-state index contributed by atoms with van der Waals surface area (Å²) < 4.78 is 0. The summed E-state index contributed by atoms with van der Waals surface area (Å²) in [5.41, 5.74) is 6.81. The second-order valence-electron chi connectivity index (χ2n) is 2.59. The van der Waals surface area contributed by atoms with Crippen LogP contribution in [0.3, 0.4) is 0 Å². The minimum absolute atomic E-state index is 0. The smallest absolute Gasteiger partial charge is 0.250 e. The molecule has 2 aromatic rings.